The predicted molar refractivity (Wildman–Crippen MR) is 110 cm³/mol. The van der Waals surface area contributed by atoms with E-state index in [9.17, 15) is 18.4 Å². The topological polar surface area (TPSA) is 82.3 Å². The van der Waals surface area contributed by atoms with Gasteiger partial charge in [0.25, 0.3) is 0 Å². The van der Waals surface area contributed by atoms with Crippen LogP contribution in [0.1, 0.15) is 58.8 Å². The lowest BCUT2D eigenvalue weighted by molar-refractivity contribution is -0.125. The quantitative estimate of drug-likeness (QED) is 0.525. The summed E-state index contributed by atoms with van der Waals surface area (Å²) < 4.78 is 27.6. The zero-order chi connectivity index (χ0) is 21.4. The molecule has 2 aliphatic heterocycles. The monoisotopic (exact) mass is 424 g/mol. The van der Waals surface area contributed by atoms with Gasteiger partial charge in [0.1, 0.15) is 12.3 Å². The molecule has 8 heteroatoms. The van der Waals surface area contributed by atoms with Crippen molar-refractivity contribution in [2.75, 3.05) is 6.54 Å². The van der Waals surface area contributed by atoms with E-state index < -0.39 is 12.3 Å². The van der Waals surface area contributed by atoms with Crippen molar-refractivity contribution in [3.05, 3.63) is 11.1 Å². The third-order valence-corrected chi connectivity index (χ3v) is 7.30. The van der Waals surface area contributed by atoms with Crippen molar-refractivity contribution in [1.29, 1.82) is 0 Å². The number of alkyl halides is 2. The molecule has 6 nitrogen and oxygen atoms in total. The lowest BCUT2D eigenvalue weighted by Crippen LogP contribution is -2.63. The van der Waals surface area contributed by atoms with Gasteiger partial charge in [0.05, 0.1) is 12.6 Å². The maximum atomic E-state index is 14.2. The molecule has 1 saturated heterocycles. The summed E-state index contributed by atoms with van der Waals surface area (Å²) in [6.45, 7) is 4.57. The van der Waals surface area contributed by atoms with Crippen LogP contribution < -0.4 is 21.3 Å². The van der Waals surface area contributed by atoms with E-state index in [0.717, 1.165) is 18.5 Å². The number of hydrogen-bond acceptors (Lipinski definition) is 4. The SMILES string of the molecule is CC1=C(CC(=O)N[C@@H](C)C2CCC(F)CC2F)C(=O)NC2CCNC(NC3CC3)C12. The summed E-state index contributed by atoms with van der Waals surface area (Å²) in [4.78, 5) is 25.4. The first-order valence-corrected chi connectivity index (χ1v) is 11.4. The Bertz CT molecular complexity index is 711. The fourth-order valence-electron chi connectivity index (χ4n) is 5.40. The minimum absolute atomic E-state index is 0.0171. The molecule has 0 bridgehead atoms. The fourth-order valence-corrected chi connectivity index (χ4v) is 5.40. The molecule has 0 spiro atoms. The van der Waals surface area contributed by atoms with Crippen LogP contribution in [0.15, 0.2) is 11.1 Å². The largest absolute Gasteiger partial charge is 0.353 e. The molecule has 30 heavy (non-hydrogen) atoms. The molecule has 0 aromatic heterocycles. The van der Waals surface area contributed by atoms with Crippen LogP contribution in [0.25, 0.3) is 0 Å². The first kappa shape index (κ1) is 21.7. The van der Waals surface area contributed by atoms with Crippen molar-refractivity contribution >= 4 is 11.8 Å². The molecule has 4 N–H and O–H groups in total. The first-order valence-electron chi connectivity index (χ1n) is 11.4. The second-order valence-electron chi connectivity index (χ2n) is 9.55. The van der Waals surface area contributed by atoms with Crippen molar-refractivity contribution in [1.82, 2.24) is 21.3 Å². The Balaban J connectivity index is 1.41. The summed E-state index contributed by atoms with van der Waals surface area (Å²) in [5.41, 5.74) is 1.47. The average Bonchev–Trinajstić information content (AvgIpc) is 3.49. The third-order valence-electron chi connectivity index (χ3n) is 7.30. The fraction of sp³-hybridized carbons (Fsp3) is 0.818. The van der Waals surface area contributed by atoms with Crippen molar-refractivity contribution in [3.8, 4) is 0 Å². The molecule has 7 atom stereocenters. The highest BCUT2D eigenvalue weighted by Gasteiger charge is 2.42. The lowest BCUT2D eigenvalue weighted by atomic mass is 9.78. The van der Waals surface area contributed by atoms with Gasteiger partial charge in [-0.15, -0.1) is 0 Å². The molecule has 0 aromatic carbocycles. The second kappa shape index (κ2) is 8.91. The minimum Gasteiger partial charge on any atom is -0.353 e. The van der Waals surface area contributed by atoms with E-state index in [2.05, 4.69) is 21.3 Å². The second-order valence-corrected chi connectivity index (χ2v) is 9.55. The van der Waals surface area contributed by atoms with Crippen LogP contribution in [-0.2, 0) is 9.59 Å². The van der Waals surface area contributed by atoms with Crippen LogP contribution in [0.5, 0.6) is 0 Å². The van der Waals surface area contributed by atoms with E-state index in [0.29, 0.717) is 24.5 Å². The van der Waals surface area contributed by atoms with Crippen LogP contribution in [0, 0.1) is 11.8 Å². The Morgan fingerprint density at radius 1 is 1.20 bits per heavy atom. The first-order chi connectivity index (χ1) is 14.3. The van der Waals surface area contributed by atoms with Gasteiger partial charge in [0, 0.05) is 42.0 Å². The zero-order valence-electron chi connectivity index (χ0n) is 17.8. The van der Waals surface area contributed by atoms with E-state index in [1.165, 1.54) is 12.8 Å². The van der Waals surface area contributed by atoms with Crippen molar-refractivity contribution < 1.29 is 18.4 Å². The number of fused-ring (bicyclic) bond motifs is 1. The minimum atomic E-state index is -1.24. The van der Waals surface area contributed by atoms with Crippen molar-refractivity contribution in [3.63, 3.8) is 0 Å². The van der Waals surface area contributed by atoms with Crippen molar-refractivity contribution in [2.45, 2.75) is 95.4 Å². The molecule has 2 amide bonds. The molecule has 168 valence electrons. The molecular formula is C22H34F2N4O2. The molecule has 2 heterocycles. The standard InChI is InChI=1S/C22H34F2N4O2/c1-11-16(10-19(29)26-12(2)15-6-3-13(23)9-17(15)24)22(30)28-18-7-8-25-21(20(11)18)27-14-4-5-14/h12-15,17-18,20-21,25,27H,3-10H2,1-2H3,(H,26,29)(H,28,30)/t12-,13?,15?,17?,18?,20?,21?/m0/s1. The highest BCUT2D eigenvalue weighted by atomic mass is 19.1. The summed E-state index contributed by atoms with van der Waals surface area (Å²) in [6, 6.07) is 0.220. The van der Waals surface area contributed by atoms with E-state index >= 15 is 0 Å². The van der Waals surface area contributed by atoms with Crippen LogP contribution in [-0.4, -0.2) is 55.0 Å². The van der Waals surface area contributed by atoms with Gasteiger partial charge in [-0.05, 0) is 52.5 Å². The Kier molecular flexibility index (Phi) is 6.44. The number of rotatable bonds is 6. The smallest absolute Gasteiger partial charge is 0.247 e. The number of halogens is 2. The molecular weight excluding hydrogens is 390 g/mol. The summed E-state index contributed by atoms with van der Waals surface area (Å²) >= 11 is 0. The molecule has 2 aliphatic carbocycles. The van der Waals surface area contributed by atoms with Gasteiger partial charge in [0.2, 0.25) is 11.8 Å². The van der Waals surface area contributed by atoms with E-state index in [4.69, 9.17) is 0 Å². The lowest BCUT2D eigenvalue weighted by Gasteiger charge is -2.44. The molecule has 6 unspecified atom stereocenters. The number of amides is 2. The number of carbonyl (C=O) groups is 2. The Hall–Kier alpha value is -1.54. The number of nitrogens with one attached hydrogen (secondary N) is 4. The Morgan fingerprint density at radius 3 is 2.67 bits per heavy atom. The molecule has 4 rings (SSSR count). The van der Waals surface area contributed by atoms with Gasteiger partial charge in [-0.25, -0.2) is 8.78 Å². The van der Waals surface area contributed by atoms with Gasteiger partial charge in [-0.1, -0.05) is 5.57 Å². The Labute approximate surface area is 177 Å². The number of carbonyl (C=O) groups excluding carboxylic acids is 2. The highest BCUT2D eigenvalue weighted by molar-refractivity contribution is 6.00. The van der Waals surface area contributed by atoms with Gasteiger partial charge in [0.15, 0.2) is 0 Å². The average molecular weight is 425 g/mol. The van der Waals surface area contributed by atoms with E-state index in [-0.39, 0.29) is 54.7 Å². The molecule has 0 aromatic rings. The van der Waals surface area contributed by atoms with Crippen LogP contribution >= 0.6 is 0 Å². The summed E-state index contributed by atoms with van der Waals surface area (Å²) in [7, 11) is 0. The number of hydrogen-bond donors (Lipinski definition) is 4. The maximum Gasteiger partial charge on any atom is 0.247 e. The molecule has 0 radical (unpaired) electrons. The van der Waals surface area contributed by atoms with Crippen LogP contribution in [0.4, 0.5) is 8.78 Å². The summed E-state index contributed by atoms with van der Waals surface area (Å²) in [6.07, 6.45) is 1.63. The van der Waals surface area contributed by atoms with Gasteiger partial charge in [-0.3, -0.25) is 14.9 Å². The molecule has 3 fully saturated rings. The number of piperidine rings is 1. The Morgan fingerprint density at radius 2 is 1.97 bits per heavy atom. The summed E-state index contributed by atoms with van der Waals surface area (Å²) in [5, 5.41) is 13.1. The highest BCUT2D eigenvalue weighted by Crippen LogP contribution is 2.34. The predicted octanol–water partition coefficient (Wildman–Crippen LogP) is 1.86. The van der Waals surface area contributed by atoms with E-state index in [1.54, 1.807) is 6.92 Å². The maximum absolute atomic E-state index is 14.2. The molecule has 4 aliphatic rings. The normalized spacial score (nSPS) is 37.9. The van der Waals surface area contributed by atoms with Crippen LogP contribution in [0.3, 0.4) is 0 Å². The van der Waals surface area contributed by atoms with Crippen LogP contribution in [0.2, 0.25) is 0 Å². The zero-order valence-corrected chi connectivity index (χ0v) is 17.8. The summed E-state index contributed by atoms with van der Waals surface area (Å²) in [5.74, 6) is -0.719. The third kappa shape index (κ3) is 4.69. The van der Waals surface area contributed by atoms with Gasteiger partial charge >= 0.3 is 0 Å². The van der Waals surface area contributed by atoms with Gasteiger partial charge in [-0.2, -0.15) is 0 Å². The van der Waals surface area contributed by atoms with E-state index in [1.807, 2.05) is 6.92 Å². The molecule has 2 saturated carbocycles. The van der Waals surface area contributed by atoms with Gasteiger partial charge < -0.3 is 16.0 Å². The van der Waals surface area contributed by atoms with Crippen molar-refractivity contribution in [2.24, 2.45) is 11.8 Å².